The third kappa shape index (κ3) is 2.37. The molecule has 2 aliphatic rings. The van der Waals surface area contributed by atoms with E-state index in [2.05, 4.69) is 42.0 Å². The quantitative estimate of drug-likeness (QED) is 0.901. The van der Waals surface area contributed by atoms with Gasteiger partial charge < -0.3 is 10.6 Å². The molecule has 104 valence electrons. The molecule has 1 saturated heterocycles. The number of anilines is 1. The van der Waals surface area contributed by atoms with Crippen LogP contribution in [0.1, 0.15) is 30.5 Å². The van der Waals surface area contributed by atoms with Crippen LogP contribution in [-0.2, 0) is 6.42 Å². The van der Waals surface area contributed by atoms with Crippen LogP contribution in [0.2, 0.25) is 0 Å². The SMILES string of the molecule is CC1CCN(C(CN)c2ccc3c(c2)CCN3C)C1. The summed E-state index contributed by atoms with van der Waals surface area (Å²) in [5.41, 5.74) is 10.3. The number of rotatable bonds is 3. The van der Waals surface area contributed by atoms with Crippen molar-refractivity contribution in [2.24, 2.45) is 11.7 Å². The van der Waals surface area contributed by atoms with Gasteiger partial charge in [-0.1, -0.05) is 19.1 Å². The van der Waals surface area contributed by atoms with Gasteiger partial charge in [-0.05, 0) is 42.5 Å². The lowest BCUT2D eigenvalue weighted by atomic mass is 10.0. The van der Waals surface area contributed by atoms with Crippen molar-refractivity contribution < 1.29 is 0 Å². The maximum atomic E-state index is 6.05. The second-order valence-corrected chi connectivity index (χ2v) is 6.20. The Hall–Kier alpha value is -1.06. The number of likely N-dealkylation sites (tertiary alicyclic amines) is 1. The van der Waals surface area contributed by atoms with Gasteiger partial charge in [0.25, 0.3) is 0 Å². The van der Waals surface area contributed by atoms with Crippen LogP contribution in [0.5, 0.6) is 0 Å². The van der Waals surface area contributed by atoms with Crippen LogP contribution in [0, 0.1) is 5.92 Å². The first kappa shape index (κ1) is 12.9. The van der Waals surface area contributed by atoms with E-state index in [-0.39, 0.29) is 0 Å². The molecule has 1 aromatic carbocycles. The monoisotopic (exact) mass is 259 g/mol. The van der Waals surface area contributed by atoms with Gasteiger partial charge in [-0.25, -0.2) is 0 Å². The topological polar surface area (TPSA) is 32.5 Å². The van der Waals surface area contributed by atoms with Crippen molar-refractivity contribution in [1.29, 1.82) is 0 Å². The fourth-order valence-electron chi connectivity index (χ4n) is 3.54. The minimum absolute atomic E-state index is 0.404. The zero-order valence-corrected chi connectivity index (χ0v) is 12.1. The summed E-state index contributed by atoms with van der Waals surface area (Å²) < 4.78 is 0. The van der Waals surface area contributed by atoms with Gasteiger partial charge in [-0.15, -0.1) is 0 Å². The van der Waals surface area contributed by atoms with Crippen molar-refractivity contribution in [3.8, 4) is 0 Å². The van der Waals surface area contributed by atoms with Crippen LogP contribution < -0.4 is 10.6 Å². The Morgan fingerprint density at radius 1 is 1.37 bits per heavy atom. The predicted octanol–water partition coefficient (Wildman–Crippen LogP) is 2.02. The van der Waals surface area contributed by atoms with Crippen molar-refractivity contribution in [2.75, 3.05) is 38.1 Å². The lowest BCUT2D eigenvalue weighted by molar-refractivity contribution is 0.243. The van der Waals surface area contributed by atoms with Crippen molar-refractivity contribution in [3.05, 3.63) is 29.3 Å². The smallest absolute Gasteiger partial charge is 0.0470 e. The Morgan fingerprint density at radius 3 is 2.89 bits per heavy atom. The number of hydrogen-bond acceptors (Lipinski definition) is 3. The summed E-state index contributed by atoms with van der Waals surface area (Å²) in [5, 5.41) is 0. The van der Waals surface area contributed by atoms with E-state index in [1.807, 2.05) is 0 Å². The van der Waals surface area contributed by atoms with Crippen LogP contribution in [-0.4, -0.2) is 38.1 Å². The summed E-state index contributed by atoms with van der Waals surface area (Å²) in [6, 6.07) is 7.35. The molecule has 3 nitrogen and oxygen atoms in total. The fourth-order valence-corrected chi connectivity index (χ4v) is 3.54. The molecular weight excluding hydrogens is 234 g/mol. The Labute approximate surface area is 116 Å². The molecule has 2 heterocycles. The number of fused-ring (bicyclic) bond motifs is 1. The molecule has 0 aliphatic carbocycles. The highest BCUT2D eigenvalue weighted by atomic mass is 15.2. The van der Waals surface area contributed by atoms with Crippen molar-refractivity contribution >= 4 is 5.69 Å². The lowest BCUT2D eigenvalue weighted by Crippen LogP contribution is -2.32. The van der Waals surface area contributed by atoms with Crippen LogP contribution in [0.15, 0.2) is 18.2 Å². The van der Waals surface area contributed by atoms with Gasteiger partial charge >= 0.3 is 0 Å². The first-order valence-electron chi connectivity index (χ1n) is 7.47. The third-order valence-corrected chi connectivity index (χ3v) is 4.74. The minimum Gasteiger partial charge on any atom is -0.374 e. The number of benzene rings is 1. The molecule has 0 bridgehead atoms. The molecule has 2 unspecified atom stereocenters. The molecule has 1 aromatic rings. The molecule has 0 spiro atoms. The summed E-state index contributed by atoms with van der Waals surface area (Å²) in [7, 11) is 2.17. The summed E-state index contributed by atoms with van der Waals surface area (Å²) in [6.07, 6.45) is 2.48. The number of likely N-dealkylation sites (N-methyl/N-ethyl adjacent to an activating group) is 1. The highest BCUT2D eigenvalue weighted by Gasteiger charge is 2.27. The second-order valence-electron chi connectivity index (χ2n) is 6.20. The molecule has 0 amide bonds. The molecule has 0 radical (unpaired) electrons. The normalized spacial score (nSPS) is 24.8. The maximum absolute atomic E-state index is 6.05. The zero-order valence-electron chi connectivity index (χ0n) is 12.1. The maximum Gasteiger partial charge on any atom is 0.0470 e. The summed E-state index contributed by atoms with van der Waals surface area (Å²) in [6.45, 7) is 6.60. The molecule has 2 N–H and O–H groups in total. The van der Waals surface area contributed by atoms with E-state index in [0.717, 1.165) is 19.0 Å². The van der Waals surface area contributed by atoms with E-state index in [0.29, 0.717) is 6.04 Å². The molecule has 19 heavy (non-hydrogen) atoms. The summed E-state index contributed by atoms with van der Waals surface area (Å²) in [4.78, 5) is 4.90. The minimum atomic E-state index is 0.404. The van der Waals surface area contributed by atoms with Crippen molar-refractivity contribution in [1.82, 2.24) is 4.90 Å². The molecule has 3 rings (SSSR count). The fraction of sp³-hybridized carbons (Fsp3) is 0.625. The van der Waals surface area contributed by atoms with Crippen LogP contribution in [0.4, 0.5) is 5.69 Å². The van der Waals surface area contributed by atoms with E-state index in [1.54, 1.807) is 0 Å². The van der Waals surface area contributed by atoms with Crippen molar-refractivity contribution in [2.45, 2.75) is 25.8 Å². The van der Waals surface area contributed by atoms with Gasteiger partial charge in [0, 0.05) is 38.4 Å². The molecule has 0 saturated carbocycles. The van der Waals surface area contributed by atoms with Crippen LogP contribution >= 0.6 is 0 Å². The van der Waals surface area contributed by atoms with E-state index in [9.17, 15) is 0 Å². The molecule has 0 aromatic heterocycles. The Morgan fingerprint density at radius 2 is 2.21 bits per heavy atom. The van der Waals surface area contributed by atoms with E-state index < -0.39 is 0 Å². The van der Waals surface area contributed by atoms with Gasteiger partial charge in [0.05, 0.1) is 0 Å². The van der Waals surface area contributed by atoms with E-state index in [1.165, 1.54) is 42.7 Å². The number of nitrogens with zero attached hydrogens (tertiary/aromatic N) is 2. The number of hydrogen-bond donors (Lipinski definition) is 1. The Bertz CT molecular complexity index is 457. The van der Waals surface area contributed by atoms with Gasteiger partial charge in [0.1, 0.15) is 0 Å². The van der Waals surface area contributed by atoms with Crippen LogP contribution in [0.3, 0.4) is 0 Å². The lowest BCUT2D eigenvalue weighted by Gasteiger charge is -2.27. The Balaban J connectivity index is 1.84. The average molecular weight is 259 g/mol. The predicted molar refractivity (Wildman–Crippen MR) is 80.6 cm³/mol. The van der Waals surface area contributed by atoms with Gasteiger partial charge in [-0.2, -0.15) is 0 Å². The molecule has 2 atom stereocenters. The van der Waals surface area contributed by atoms with Crippen LogP contribution in [0.25, 0.3) is 0 Å². The highest BCUT2D eigenvalue weighted by molar-refractivity contribution is 5.58. The summed E-state index contributed by atoms with van der Waals surface area (Å²) in [5.74, 6) is 0.814. The van der Waals surface area contributed by atoms with E-state index >= 15 is 0 Å². The molecular formula is C16H25N3. The molecule has 3 heteroatoms. The molecule has 1 fully saturated rings. The van der Waals surface area contributed by atoms with E-state index in [4.69, 9.17) is 5.73 Å². The first-order chi connectivity index (χ1) is 9.19. The third-order valence-electron chi connectivity index (χ3n) is 4.74. The first-order valence-corrected chi connectivity index (χ1v) is 7.47. The molecule has 2 aliphatic heterocycles. The Kier molecular flexibility index (Phi) is 3.50. The number of nitrogens with two attached hydrogens (primary N) is 1. The highest BCUT2D eigenvalue weighted by Crippen LogP contribution is 2.32. The van der Waals surface area contributed by atoms with Gasteiger partial charge in [-0.3, -0.25) is 4.90 Å². The zero-order chi connectivity index (χ0) is 13.4. The average Bonchev–Trinajstić information content (AvgIpc) is 2.98. The van der Waals surface area contributed by atoms with Crippen molar-refractivity contribution in [3.63, 3.8) is 0 Å². The van der Waals surface area contributed by atoms with Gasteiger partial charge in [0.15, 0.2) is 0 Å². The van der Waals surface area contributed by atoms with Gasteiger partial charge in [0.2, 0.25) is 0 Å². The largest absolute Gasteiger partial charge is 0.374 e. The standard InChI is InChI=1S/C16H25N3/c1-12-5-8-19(11-12)16(10-17)13-3-4-15-14(9-13)6-7-18(15)2/h3-4,9,12,16H,5-8,10-11,17H2,1-2H3. The summed E-state index contributed by atoms with van der Waals surface area (Å²) >= 11 is 0. The second kappa shape index (κ2) is 5.14.